The van der Waals surface area contributed by atoms with Crippen LogP contribution in [0.25, 0.3) is 11.0 Å². The molecule has 23 heavy (non-hydrogen) atoms. The van der Waals surface area contributed by atoms with Gasteiger partial charge in [-0.3, -0.25) is 4.79 Å². The van der Waals surface area contributed by atoms with Gasteiger partial charge < -0.3 is 14.8 Å². The Morgan fingerprint density at radius 2 is 1.96 bits per heavy atom. The van der Waals surface area contributed by atoms with Crippen molar-refractivity contribution >= 4 is 22.8 Å². The second-order valence-electron chi connectivity index (χ2n) is 6.83. The van der Waals surface area contributed by atoms with Crippen molar-refractivity contribution in [2.75, 3.05) is 31.6 Å². The van der Waals surface area contributed by atoms with Crippen molar-refractivity contribution in [3.05, 3.63) is 18.1 Å². The lowest BCUT2D eigenvalue weighted by Gasteiger charge is -2.38. The first kappa shape index (κ1) is 14.5. The number of hydrogen-bond donors (Lipinski definition) is 1. The monoisotopic (exact) mass is 313 g/mol. The quantitative estimate of drug-likeness (QED) is 0.920. The third-order valence-corrected chi connectivity index (χ3v) is 5.66. The molecule has 0 aliphatic carbocycles. The van der Waals surface area contributed by atoms with Crippen molar-refractivity contribution < 1.29 is 4.79 Å². The lowest BCUT2D eigenvalue weighted by molar-refractivity contribution is -0.135. The molecule has 0 saturated carbocycles. The number of aryl methyl sites for hydroxylation is 1. The van der Waals surface area contributed by atoms with Crippen LogP contribution < -0.4 is 4.90 Å². The Balaban J connectivity index is 1.62. The van der Waals surface area contributed by atoms with Gasteiger partial charge in [-0.25, -0.2) is 9.97 Å². The first-order chi connectivity index (χ1) is 11.1. The molecule has 2 aliphatic heterocycles. The molecule has 2 aromatic rings. The van der Waals surface area contributed by atoms with Crippen molar-refractivity contribution in [1.29, 1.82) is 0 Å². The highest BCUT2D eigenvalue weighted by Gasteiger charge is 2.47. The number of carbonyl (C=O) groups excluding carboxylic acids is 1. The maximum Gasteiger partial charge on any atom is 0.228 e. The van der Waals surface area contributed by atoms with E-state index in [1.807, 2.05) is 18.1 Å². The van der Waals surface area contributed by atoms with Gasteiger partial charge in [0, 0.05) is 32.9 Å². The predicted molar refractivity (Wildman–Crippen MR) is 89.4 cm³/mol. The Morgan fingerprint density at radius 3 is 2.61 bits per heavy atom. The highest BCUT2D eigenvalue weighted by molar-refractivity contribution is 5.91. The van der Waals surface area contributed by atoms with E-state index in [-0.39, 0.29) is 5.41 Å². The normalized spacial score (nSPS) is 20.9. The maximum atomic E-state index is 12.5. The third kappa shape index (κ3) is 2.11. The van der Waals surface area contributed by atoms with Gasteiger partial charge in [-0.05, 0) is 31.2 Å². The minimum Gasteiger partial charge on any atom is -0.356 e. The zero-order chi connectivity index (χ0) is 16.0. The molecular formula is C17H23N5O. The molecule has 2 saturated heterocycles. The standard InChI is InChI=1S/C17H23N5O/c1-3-12-10-18-14-13(12)15(20-11-19-14)22-8-5-17(6-9-22)4-7-21(2)16(17)23/h10-11H,3-9H2,1-2H3,(H,18,19,20). The molecule has 4 heterocycles. The topological polar surface area (TPSA) is 65.1 Å². The summed E-state index contributed by atoms with van der Waals surface area (Å²) in [5.74, 6) is 1.35. The summed E-state index contributed by atoms with van der Waals surface area (Å²) < 4.78 is 0. The van der Waals surface area contributed by atoms with Crippen LogP contribution in [0.5, 0.6) is 0 Å². The Kier molecular flexibility index (Phi) is 3.28. The van der Waals surface area contributed by atoms with Gasteiger partial charge in [0.2, 0.25) is 5.91 Å². The van der Waals surface area contributed by atoms with E-state index in [0.29, 0.717) is 5.91 Å². The fourth-order valence-electron chi connectivity index (χ4n) is 4.13. The fraction of sp³-hybridized carbons (Fsp3) is 0.588. The van der Waals surface area contributed by atoms with Crippen LogP contribution in [-0.4, -0.2) is 52.4 Å². The number of carbonyl (C=O) groups is 1. The van der Waals surface area contributed by atoms with Crippen LogP contribution in [0.15, 0.2) is 12.5 Å². The van der Waals surface area contributed by atoms with Crippen LogP contribution >= 0.6 is 0 Å². The number of nitrogens with zero attached hydrogens (tertiary/aromatic N) is 4. The average molecular weight is 313 g/mol. The molecule has 6 heteroatoms. The second-order valence-corrected chi connectivity index (χ2v) is 6.83. The molecule has 0 bridgehead atoms. The highest BCUT2D eigenvalue weighted by atomic mass is 16.2. The molecule has 1 spiro atoms. The molecule has 1 N–H and O–H groups in total. The van der Waals surface area contributed by atoms with Crippen LogP contribution in [0.3, 0.4) is 0 Å². The highest BCUT2D eigenvalue weighted by Crippen LogP contribution is 2.42. The summed E-state index contributed by atoms with van der Waals surface area (Å²) in [4.78, 5) is 28.8. The summed E-state index contributed by atoms with van der Waals surface area (Å²) in [7, 11) is 1.92. The minimum atomic E-state index is -0.122. The van der Waals surface area contributed by atoms with Crippen molar-refractivity contribution in [2.45, 2.75) is 32.6 Å². The van der Waals surface area contributed by atoms with E-state index < -0.39 is 0 Å². The van der Waals surface area contributed by atoms with E-state index in [2.05, 4.69) is 26.8 Å². The number of fused-ring (bicyclic) bond motifs is 1. The van der Waals surface area contributed by atoms with Crippen LogP contribution in [0.1, 0.15) is 31.7 Å². The van der Waals surface area contributed by atoms with Gasteiger partial charge in [0.25, 0.3) is 0 Å². The van der Waals surface area contributed by atoms with E-state index in [4.69, 9.17) is 0 Å². The molecule has 0 atom stereocenters. The number of H-pyrrole nitrogens is 1. The second kappa shape index (κ2) is 5.22. The van der Waals surface area contributed by atoms with E-state index >= 15 is 0 Å². The molecule has 2 aliphatic rings. The van der Waals surface area contributed by atoms with Crippen molar-refractivity contribution in [3.8, 4) is 0 Å². The Labute approximate surface area is 135 Å². The molecule has 122 valence electrons. The molecule has 0 radical (unpaired) electrons. The summed E-state index contributed by atoms with van der Waals surface area (Å²) >= 11 is 0. The van der Waals surface area contributed by atoms with E-state index in [1.54, 1.807) is 6.33 Å². The first-order valence-corrected chi connectivity index (χ1v) is 8.46. The average Bonchev–Trinajstić information content (AvgIpc) is 3.13. The maximum absolute atomic E-state index is 12.5. The van der Waals surface area contributed by atoms with Crippen LogP contribution in [0.2, 0.25) is 0 Å². The van der Waals surface area contributed by atoms with Crippen LogP contribution in [0.4, 0.5) is 5.82 Å². The summed E-state index contributed by atoms with van der Waals surface area (Å²) in [6.07, 6.45) is 7.47. The van der Waals surface area contributed by atoms with E-state index in [0.717, 1.165) is 62.2 Å². The number of amides is 1. The van der Waals surface area contributed by atoms with Gasteiger partial charge in [0.1, 0.15) is 17.8 Å². The predicted octanol–water partition coefficient (Wildman–Crippen LogP) is 1.97. The summed E-state index contributed by atoms with van der Waals surface area (Å²) in [6.45, 7) is 4.83. The van der Waals surface area contributed by atoms with Gasteiger partial charge in [0.15, 0.2) is 0 Å². The molecule has 0 aromatic carbocycles. The minimum absolute atomic E-state index is 0.122. The summed E-state index contributed by atoms with van der Waals surface area (Å²) in [6, 6.07) is 0. The van der Waals surface area contributed by atoms with Crippen LogP contribution in [0, 0.1) is 5.41 Å². The number of nitrogens with one attached hydrogen (secondary N) is 1. The number of piperidine rings is 1. The molecule has 6 nitrogen and oxygen atoms in total. The lowest BCUT2D eigenvalue weighted by Crippen LogP contribution is -2.44. The molecule has 1 amide bonds. The summed E-state index contributed by atoms with van der Waals surface area (Å²) in [5, 5.41) is 1.14. The van der Waals surface area contributed by atoms with Gasteiger partial charge in [0.05, 0.1) is 10.8 Å². The number of rotatable bonds is 2. The van der Waals surface area contributed by atoms with Crippen LogP contribution in [-0.2, 0) is 11.2 Å². The molecule has 4 rings (SSSR count). The van der Waals surface area contributed by atoms with Crippen molar-refractivity contribution in [2.24, 2.45) is 5.41 Å². The van der Waals surface area contributed by atoms with E-state index in [9.17, 15) is 4.79 Å². The molecule has 2 aromatic heterocycles. The zero-order valence-electron chi connectivity index (χ0n) is 13.8. The van der Waals surface area contributed by atoms with Crippen molar-refractivity contribution in [3.63, 3.8) is 0 Å². The zero-order valence-corrected chi connectivity index (χ0v) is 13.8. The van der Waals surface area contributed by atoms with Crippen molar-refractivity contribution in [1.82, 2.24) is 19.9 Å². The van der Waals surface area contributed by atoms with Gasteiger partial charge in [-0.1, -0.05) is 6.92 Å². The fourth-order valence-corrected chi connectivity index (χ4v) is 4.13. The molecule has 0 unspecified atom stereocenters. The number of aromatic nitrogens is 3. The van der Waals surface area contributed by atoms with Gasteiger partial charge >= 0.3 is 0 Å². The smallest absolute Gasteiger partial charge is 0.228 e. The largest absolute Gasteiger partial charge is 0.356 e. The number of likely N-dealkylation sites (tertiary alicyclic amines) is 1. The van der Waals surface area contributed by atoms with Gasteiger partial charge in [-0.2, -0.15) is 0 Å². The summed E-state index contributed by atoms with van der Waals surface area (Å²) in [5.41, 5.74) is 2.04. The van der Waals surface area contributed by atoms with Gasteiger partial charge in [-0.15, -0.1) is 0 Å². The molecule has 2 fully saturated rings. The number of aromatic amines is 1. The van der Waals surface area contributed by atoms with E-state index in [1.165, 1.54) is 5.56 Å². The first-order valence-electron chi connectivity index (χ1n) is 8.46. The lowest BCUT2D eigenvalue weighted by atomic mass is 9.77. The molecular weight excluding hydrogens is 290 g/mol. The third-order valence-electron chi connectivity index (χ3n) is 5.66. The number of anilines is 1. The Morgan fingerprint density at radius 1 is 1.22 bits per heavy atom. The Bertz CT molecular complexity index is 745. The number of hydrogen-bond acceptors (Lipinski definition) is 4. The SMILES string of the molecule is CCc1c[nH]c2ncnc(N3CCC4(CCN(C)C4=O)CC3)c12. The Hall–Kier alpha value is -2.11.